The fourth-order valence-electron chi connectivity index (χ4n) is 4.96. The van der Waals surface area contributed by atoms with E-state index in [1.54, 1.807) is 0 Å². The van der Waals surface area contributed by atoms with Gasteiger partial charge in [-0.1, -0.05) is 58.3 Å². The fraction of sp³-hybridized carbons (Fsp3) is 0.957. The Hall–Kier alpha value is -0.650. The summed E-state index contributed by atoms with van der Waals surface area (Å²) in [7, 11) is 0. The molecule has 5 heteroatoms. The molecule has 162 valence electrons. The standard InChI is InChI=1S/C23H40O5/c1-2-3-4-5-6-7-8-9-10-17(24)18-11-12-19(26-18)20-13-14-21(27-20)22-15-16-23(25)28-22/h17-22,24H,2-16H2,1H3/t17-,18+,19+,20-,21-,22+/m0/s1. The molecule has 3 fully saturated rings. The van der Waals surface area contributed by atoms with Crippen LogP contribution in [0.2, 0.25) is 0 Å². The molecular weight excluding hydrogens is 356 g/mol. The maximum Gasteiger partial charge on any atom is 0.306 e. The smallest absolute Gasteiger partial charge is 0.306 e. The second-order valence-electron chi connectivity index (χ2n) is 8.98. The molecule has 3 rings (SSSR count). The van der Waals surface area contributed by atoms with Crippen molar-refractivity contribution in [2.24, 2.45) is 0 Å². The fourth-order valence-corrected chi connectivity index (χ4v) is 4.96. The molecule has 0 spiro atoms. The van der Waals surface area contributed by atoms with Crippen molar-refractivity contribution in [1.82, 2.24) is 0 Å². The normalized spacial score (nSPS) is 34.1. The van der Waals surface area contributed by atoms with Crippen LogP contribution >= 0.6 is 0 Å². The van der Waals surface area contributed by atoms with Gasteiger partial charge in [0.2, 0.25) is 0 Å². The van der Waals surface area contributed by atoms with Crippen molar-refractivity contribution >= 4 is 5.97 Å². The summed E-state index contributed by atoms with van der Waals surface area (Å²) in [5, 5.41) is 10.5. The highest BCUT2D eigenvalue weighted by Crippen LogP contribution is 2.36. The number of carbonyl (C=O) groups excluding carboxylic acids is 1. The average Bonchev–Trinajstić information content (AvgIpc) is 3.43. The van der Waals surface area contributed by atoms with Crippen LogP contribution in [0.1, 0.15) is 103 Å². The van der Waals surface area contributed by atoms with E-state index >= 15 is 0 Å². The van der Waals surface area contributed by atoms with Crippen LogP contribution in [0.15, 0.2) is 0 Å². The minimum atomic E-state index is -0.349. The van der Waals surface area contributed by atoms with Gasteiger partial charge in [0.15, 0.2) is 0 Å². The predicted molar refractivity (Wildman–Crippen MR) is 108 cm³/mol. The zero-order chi connectivity index (χ0) is 19.8. The quantitative estimate of drug-likeness (QED) is 0.383. The van der Waals surface area contributed by atoms with Crippen LogP contribution in [0.25, 0.3) is 0 Å². The van der Waals surface area contributed by atoms with E-state index < -0.39 is 0 Å². The van der Waals surface area contributed by atoms with Crippen molar-refractivity contribution in [2.75, 3.05) is 0 Å². The number of rotatable bonds is 12. The van der Waals surface area contributed by atoms with E-state index in [0.717, 1.165) is 44.9 Å². The van der Waals surface area contributed by atoms with E-state index in [1.807, 2.05) is 0 Å². The highest BCUT2D eigenvalue weighted by atomic mass is 16.6. The van der Waals surface area contributed by atoms with Crippen LogP contribution in [0.4, 0.5) is 0 Å². The summed E-state index contributed by atoms with van der Waals surface area (Å²) in [5.41, 5.74) is 0. The Bertz CT molecular complexity index is 468. The largest absolute Gasteiger partial charge is 0.460 e. The minimum absolute atomic E-state index is 0.0290. The Kier molecular flexibility index (Phi) is 9.06. The number of hydrogen-bond donors (Lipinski definition) is 1. The zero-order valence-electron chi connectivity index (χ0n) is 17.7. The summed E-state index contributed by atoms with van der Waals surface area (Å²) in [6.45, 7) is 2.25. The first kappa shape index (κ1) is 22.0. The van der Waals surface area contributed by atoms with Crippen molar-refractivity contribution < 1.29 is 24.1 Å². The third-order valence-corrected chi connectivity index (χ3v) is 6.70. The van der Waals surface area contributed by atoms with Crippen LogP contribution in [0.3, 0.4) is 0 Å². The van der Waals surface area contributed by atoms with Gasteiger partial charge in [-0.15, -0.1) is 0 Å². The molecule has 0 amide bonds. The molecule has 28 heavy (non-hydrogen) atoms. The highest BCUT2D eigenvalue weighted by molar-refractivity contribution is 5.71. The van der Waals surface area contributed by atoms with Crippen molar-refractivity contribution in [3.05, 3.63) is 0 Å². The molecule has 0 aromatic carbocycles. The van der Waals surface area contributed by atoms with Gasteiger partial charge in [0.05, 0.1) is 30.5 Å². The molecule has 0 bridgehead atoms. The molecule has 1 N–H and O–H groups in total. The van der Waals surface area contributed by atoms with Gasteiger partial charge >= 0.3 is 5.97 Å². The predicted octanol–water partition coefficient (Wildman–Crippen LogP) is 4.68. The lowest BCUT2D eigenvalue weighted by atomic mass is 10.0. The van der Waals surface area contributed by atoms with E-state index in [4.69, 9.17) is 14.2 Å². The molecule has 5 nitrogen and oxygen atoms in total. The molecule has 3 aliphatic heterocycles. The number of carbonyl (C=O) groups is 1. The lowest BCUT2D eigenvalue weighted by molar-refractivity contribution is -0.149. The molecule has 0 saturated carbocycles. The number of cyclic esters (lactones) is 1. The van der Waals surface area contributed by atoms with E-state index in [9.17, 15) is 9.90 Å². The Morgan fingerprint density at radius 1 is 0.821 bits per heavy atom. The number of aliphatic hydroxyl groups is 1. The average molecular weight is 397 g/mol. The van der Waals surface area contributed by atoms with Gasteiger partial charge < -0.3 is 19.3 Å². The van der Waals surface area contributed by atoms with E-state index in [2.05, 4.69) is 6.92 Å². The first-order chi connectivity index (χ1) is 13.7. The Balaban J connectivity index is 1.27. The lowest BCUT2D eigenvalue weighted by Crippen LogP contribution is -2.33. The molecule has 0 aliphatic carbocycles. The van der Waals surface area contributed by atoms with E-state index in [-0.39, 0.29) is 42.6 Å². The zero-order valence-corrected chi connectivity index (χ0v) is 17.7. The minimum Gasteiger partial charge on any atom is -0.460 e. The first-order valence-corrected chi connectivity index (χ1v) is 11.9. The SMILES string of the molecule is CCCCCCCCCC[C@H](O)[C@H]1CC[C@H]([C@@H]2CC[C@@H]([C@H]3CCC(=O)O3)O2)O1. The summed E-state index contributed by atoms with van der Waals surface area (Å²) in [5.74, 6) is -0.0988. The van der Waals surface area contributed by atoms with E-state index in [1.165, 1.54) is 44.9 Å². The second kappa shape index (κ2) is 11.5. The molecule has 6 atom stereocenters. The number of esters is 1. The molecule has 0 unspecified atom stereocenters. The molecule has 3 heterocycles. The van der Waals surface area contributed by atoms with Crippen LogP contribution in [-0.2, 0) is 19.0 Å². The summed E-state index contributed by atoms with van der Waals surface area (Å²) >= 11 is 0. The van der Waals surface area contributed by atoms with Gasteiger partial charge in [-0.25, -0.2) is 0 Å². The molecule has 0 aromatic rings. The lowest BCUT2D eigenvalue weighted by Gasteiger charge is -2.24. The number of aliphatic hydroxyl groups excluding tert-OH is 1. The van der Waals surface area contributed by atoms with E-state index in [0.29, 0.717) is 6.42 Å². The van der Waals surface area contributed by atoms with Crippen molar-refractivity contribution in [3.8, 4) is 0 Å². The topological polar surface area (TPSA) is 65.0 Å². The van der Waals surface area contributed by atoms with Gasteiger partial charge in [0, 0.05) is 6.42 Å². The summed E-state index contributed by atoms with van der Waals surface area (Å²) in [6, 6.07) is 0. The van der Waals surface area contributed by atoms with Gasteiger partial charge in [-0.05, 0) is 38.5 Å². The molecule has 0 aromatic heterocycles. The number of ether oxygens (including phenoxy) is 3. The summed E-state index contributed by atoms with van der Waals surface area (Å²) < 4.78 is 17.7. The van der Waals surface area contributed by atoms with Crippen molar-refractivity contribution in [2.45, 2.75) is 140 Å². The van der Waals surface area contributed by atoms with Crippen LogP contribution in [0, 0.1) is 0 Å². The summed E-state index contributed by atoms with van der Waals surface area (Å²) in [4.78, 5) is 11.3. The maximum atomic E-state index is 11.3. The van der Waals surface area contributed by atoms with Crippen LogP contribution in [-0.4, -0.2) is 47.7 Å². The second-order valence-corrected chi connectivity index (χ2v) is 8.98. The molecule has 3 saturated heterocycles. The van der Waals surface area contributed by atoms with Crippen LogP contribution < -0.4 is 0 Å². The van der Waals surface area contributed by atoms with Crippen LogP contribution in [0.5, 0.6) is 0 Å². The highest BCUT2D eigenvalue weighted by Gasteiger charge is 2.43. The Morgan fingerprint density at radius 3 is 2.11 bits per heavy atom. The van der Waals surface area contributed by atoms with Gasteiger partial charge in [0.25, 0.3) is 0 Å². The molecule has 3 aliphatic rings. The molecular formula is C23H40O5. The number of hydrogen-bond acceptors (Lipinski definition) is 5. The number of unbranched alkanes of at least 4 members (excludes halogenated alkanes) is 7. The first-order valence-electron chi connectivity index (χ1n) is 11.9. The third-order valence-electron chi connectivity index (χ3n) is 6.70. The maximum absolute atomic E-state index is 11.3. The summed E-state index contributed by atoms with van der Waals surface area (Å²) in [6.07, 6.45) is 16.0. The van der Waals surface area contributed by atoms with Gasteiger partial charge in [0.1, 0.15) is 6.10 Å². The third kappa shape index (κ3) is 6.43. The Morgan fingerprint density at radius 2 is 1.43 bits per heavy atom. The van der Waals surface area contributed by atoms with Crippen molar-refractivity contribution in [1.29, 1.82) is 0 Å². The monoisotopic (exact) mass is 396 g/mol. The van der Waals surface area contributed by atoms with Gasteiger partial charge in [-0.2, -0.15) is 0 Å². The molecule has 0 radical (unpaired) electrons. The van der Waals surface area contributed by atoms with Crippen molar-refractivity contribution in [3.63, 3.8) is 0 Å². The Labute approximate surface area is 170 Å². The van der Waals surface area contributed by atoms with Gasteiger partial charge in [-0.3, -0.25) is 4.79 Å².